The van der Waals surface area contributed by atoms with Gasteiger partial charge in [-0.25, -0.2) is 0 Å². The van der Waals surface area contributed by atoms with Crippen LogP contribution in [0.2, 0.25) is 0 Å². The van der Waals surface area contributed by atoms with Crippen molar-refractivity contribution in [2.45, 2.75) is 40.5 Å². The Hall–Kier alpha value is 1.45. The van der Waals surface area contributed by atoms with Crippen LogP contribution in [0.5, 0.6) is 0 Å². The molecule has 61 valence electrons. The second-order valence-corrected chi connectivity index (χ2v) is 5.51. The summed E-state index contributed by atoms with van der Waals surface area (Å²) in [5.41, 5.74) is 0. The van der Waals surface area contributed by atoms with Crippen molar-refractivity contribution in [3.63, 3.8) is 0 Å². The van der Waals surface area contributed by atoms with Gasteiger partial charge in [-0.1, -0.05) is 0 Å². The Labute approximate surface area is 97.2 Å². The molecule has 10 heavy (non-hydrogen) atoms. The van der Waals surface area contributed by atoms with Crippen LogP contribution in [0.25, 0.3) is 0 Å². The van der Waals surface area contributed by atoms with Gasteiger partial charge in [0.2, 0.25) is 0 Å². The van der Waals surface area contributed by atoms with Gasteiger partial charge in [0.25, 0.3) is 0 Å². The van der Waals surface area contributed by atoms with Gasteiger partial charge in [0.1, 0.15) is 0 Å². The molecule has 0 fully saturated rings. The van der Waals surface area contributed by atoms with Gasteiger partial charge in [0.15, 0.2) is 0 Å². The molecule has 0 rings (SSSR count). The monoisotopic (exact) mass is 279 g/mol. The van der Waals surface area contributed by atoms with E-state index in [1.807, 2.05) is 46.5 Å². The fraction of sp³-hybridized carbons (Fsp3) is 0.889. The zero-order valence-corrected chi connectivity index (χ0v) is 9.87. The Kier molecular flexibility index (Phi) is 6.90. The zero-order chi connectivity index (χ0) is 8.15. The molecule has 0 aliphatic carbocycles. The van der Waals surface area contributed by atoms with Crippen LogP contribution in [0, 0.1) is 58.3 Å². The van der Waals surface area contributed by atoms with E-state index in [1.165, 1.54) is 12.8 Å². The first kappa shape index (κ1) is 11.5. The van der Waals surface area contributed by atoms with E-state index in [-0.39, 0.29) is 0 Å². The van der Waals surface area contributed by atoms with Crippen molar-refractivity contribution in [1.29, 1.82) is 0 Å². The summed E-state index contributed by atoms with van der Waals surface area (Å²) in [4.78, 5) is 0. The summed E-state index contributed by atoms with van der Waals surface area (Å²) in [6.45, 7) is 9.20. The minimum absolute atomic E-state index is 0.853. The maximum absolute atomic E-state index is 2.35. The van der Waals surface area contributed by atoms with Crippen molar-refractivity contribution in [2.75, 3.05) is 0 Å². The van der Waals surface area contributed by atoms with Crippen LogP contribution < -0.4 is 0 Å². The molecule has 0 amide bonds. The third kappa shape index (κ3) is 6.18. The SMILES string of the molecule is C[C](=[Eu])CCC(C)C(C)C. The fourth-order valence-electron chi connectivity index (χ4n) is 0.760. The zero-order valence-electron chi connectivity index (χ0n) is 7.45. The van der Waals surface area contributed by atoms with Crippen molar-refractivity contribution in [3.05, 3.63) is 0 Å². The second-order valence-electron chi connectivity index (χ2n) is 3.44. The Morgan fingerprint density at radius 3 is 2.10 bits per heavy atom. The van der Waals surface area contributed by atoms with Crippen LogP contribution >= 0.6 is 0 Å². The molecular formula is C9H18Eu. The van der Waals surface area contributed by atoms with Crippen molar-refractivity contribution in [2.24, 2.45) is 11.8 Å². The Balaban J connectivity index is 3.39. The standard InChI is InChI=1S/C9H18.Eu/c1-5-6-7-9(4)8(2)3;/h8-9H,6-7H2,1-4H3;. The van der Waals surface area contributed by atoms with Crippen LogP contribution in [0.4, 0.5) is 0 Å². The normalized spacial score (nSPS) is 13.7. The Bertz CT molecular complexity index is 105. The third-order valence-electron chi connectivity index (χ3n) is 2.08. The molecule has 1 heteroatoms. The molecule has 0 heterocycles. The molecule has 0 N–H and O–H groups in total. The quantitative estimate of drug-likeness (QED) is 0.742. The molecule has 0 aliphatic heterocycles. The van der Waals surface area contributed by atoms with E-state index in [9.17, 15) is 0 Å². The molecule has 0 radical (unpaired) electrons. The molecule has 1 unspecified atom stereocenters. The van der Waals surface area contributed by atoms with Gasteiger partial charge in [-0.2, -0.15) is 0 Å². The van der Waals surface area contributed by atoms with Crippen LogP contribution in [0.15, 0.2) is 0 Å². The number of hydrogen-bond acceptors (Lipinski definition) is 0. The van der Waals surface area contributed by atoms with Crippen LogP contribution in [0.1, 0.15) is 40.5 Å². The molecule has 0 bridgehead atoms. The van der Waals surface area contributed by atoms with Crippen LogP contribution in [-0.4, -0.2) is -0.131 Å². The van der Waals surface area contributed by atoms with Gasteiger partial charge in [0.05, 0.1) is 0 Å². The molecule has 0 aliphatic rings. The van der Waals surface area contributed by atoms with Crippen molar-refractivity contribution < 1.29 is 46.5 Å². The molecule has 0 nitrogen and oxygen atoms in total. The predicted molar refractivity (Wildman–Crippen MR) is 43.9 cm³/mol. The summed E-state index contributed by atoms with van der Waals surface area (Å²) < 4.78 is 1.62. The molecule has 0 aromatic rings. The van der Waals surface area contributed by atoms with Crippen LogP contribution in [-0.2, 0) is 0 Å². The van der Waals surface area contributed by atoms with Gasteiger partial charge < -0.3 is 0 Å². The molecule has 1 atom stereocenters. The molecular weight excluding hydrogens is 260 g/mol. The average Bonchev–Trinajstić information content (AvgIpc) is 1.82. The van der Waals surface area contributed by atoms with Crippen molar-refractivity contribution in [1.82, 2.24) is 0 Å². The van der Waals surface area contributed by atoms with E-state index < -0.39 is 0 Å². The Morgan fingerprint density at radius 2 is 1.80 bits per heavy atom. The number of rotatable bonds is 4. The molecule has 0 aromatic carbocycles. The molecule has 0 saturated carbocycles. The molecule has 0 aromatic heterocycles. The summed E-state index contributed by atoms with van der Waals surface area (Å²) in [6.07, 6.45) is 2.70. The first-order chi connectivity index (χ1) is 4.54. The van der Waals surface area contributed by atoms with E-state index in [4.69, 9.17) is 0 Å². The second kappa shape index (κ2) is 6.02. The first-order valence-electron chi connectivity index (χ1n) is 4.02. The molecule has 0 saturated heterocycles. The summed E-state index contributed by atoms with van der Waals surface area (Å²) in [5, 5.41) is 0. The average molecular weight is 278 g/mol. The van der Waals surface area contributed by atoms with E-state index in [1.54, 1.807) is -0.131 Å². The number of hydrogen-bond donors (Lipinski definition) is 0. The fourth-order valence-corrected chi connectivity index (χ4v) is 1.11. The van der Waals surface area contributed by atoms with E-state index in [0.717, 1.165) is 11.8 Å². The summed E-state index contributed by atoms with van der Waals surface area (Å²) in [6, 6.07) is 0. The molecule has 0 spiro atoms. The van der Waals surface area contributed by atoms with Gasteiger partial charge in [0, 0.05) is 0 Å². The van der Waals surface area contributed by atoms with Gasteiger partial charge >= 0.3 is 98.7 Å². The van der Waals surface area contributed by atoms with E-state index >= 15 is 0 Å². The van der Waals surface area contributed by atoms with Gasteiger partial charge in [-0.05, 0) is 0 Å². The summed E-state index contributed by atoms with van der Waals surface area (Å²) in [7, 11) is 0. The van der Waals surface area contributed by atoms with Gasteiger partial charge in [-0.3, -0.25) is 0 Å². The van der Waals surface area contributed by atoms with Crippen molar-refractivity contribution in [3.8, 4) is 0 Å². The van der Waals surface area contributed by atoms with E-state index in [0.29, 0.717) is 0 Å². The van der Waals surface area contributed by atoms with Crippen molar-refractivity contribution >= 4 is -0.131 Å². The van der Waals surface area contributed by atoms with Crippen LogP contribution in [0.3, 0.4) is 0 Å². The maximum atomic E-state index is 2.35. The Morgan fingerprint density at radius 1 is 1.30 bits per heavy atom. The predicted octanol–water partition coefficient (Wildman–Crippen LogP) is 2.80. The van der Waals surface area contributed by atoms with E-state index in [2.05, 4.69) is 27.7 Å². The topological polar surface area (TPSA) is 0 Å². The minimum atomic E-state index is 0.853. The summed E-state index contributed by atoms with van der Waals surface area (Å²) in [5.74, 6) is 1.75. The summed E-state index contributed by atoms with van der Waals surface area (Å²) >= 11 is 1.84. The first-order valence-corrected chi connectivity index (χ1v) is 5.23. The third-order valence-corrected chi connectivity index (χ3v) is 2.69. The van der Waals surface area contributed by atoms with Gasteiger partial charge in [-0.15, -0.1) is 0 Å².